The molecule has 1 spiro atoms. The number of nitrogens with zero attached hydrogens (tertiary/aromatic N) is 1. The van der Waals surface area contributed by atoms with Crippen molar-refractivity contribution in [1.82, 2.24) is 10.2 Å². The molecule has 15 heavy (non-hydrogen) atoms. The van der Waals surface area contributed by atoms with Crippen LogP contribution in [-0.4, -0.2) is 50.3 Å². The standard InChI is InChI=1S/C12H22N2O/c1-5-13-9-11(1)14-6-2-12(3-7-14)4-8-15-10-12/h11,13H,1-10H2/t11-/m1/s1. The Morgan fingerprint density at radius 1 is 1.20 bits per heavy atom. The smallest absolute Gasteiger partial charge is 0.0524 e. The van der Waals surface area contributed by atoms with Gasteiger partial charge in [0.1, 0.15) is 0 Å². The Balaban J connectivity index is 1.55. The third kappa shape index (κ3) is 1.93. The van der Waals surface area contributed by atoms with Crippen LogP contribution in [0, 0.1) is 5.41 Å². The zero-order valence-electron chi connectivity index (χ0n) is 9.50. The molecule has 0 aromatic carbocycles. The Kier molecular flexibility index (Phi) is 2.71. The number of rotatable bonds is 1. The van der Waals surface area contributed by atoms with Crippen molar-refractivity contribution in [3.05, 3.63) is 0 Å². The topological polar surface area (TPSA) is 24.5 Å². The van der Waals surface area contributed by atoms with Gasteiger partial charge in [-0.1, -0.05) is 0 Å². The molecule has 3 nitrogen and oxygen atoms in total. The maximum absolute atomic E-state index is 5.57. The molecule has 1 N–H and O–H groups in total. The Bertz CT molecular complexity index is 210. The molecule has 3 aliphatic heterocycles. The van der Waals surface area contributed by atoms with E-state index in [1.165, 1.54) is 51.9 Å². The van der Waals surface area contributed by atoms with Crippen molar-refractivity contribution in [1.29, 1.82) is 0 Å². The number of ether oxygens (including phenoxy) is 1. The van der Waals surface area contributed by atoms with Crippen molar-refractivity contribution in [3.8, 4) is 0 Å². The number of hydrogen-bond donors (Lipinski definition) is 1. The fourth-order valence-corrected chi connectivity index (χ4v) is 3.36. The van der Waals surface area contributed by atoms with E-state index < -0.39 is 0 Å². The zero-order chi connectivity index (χ0) is 10.1. The molecule has 86 valence electrons. The molecule has 3 heterocycles. The molecule has 3 aliphatic rings. The van der Waals surface area contributed by atoms with Gasteiger partial charge >= 0.3 is 0 Å². The van der Waals surface area contributed by atoms with Crippen molar-refractivity contribution in [2.45, 2.75) is 31.7 Å². The normalized spacial score (nSPS) is 36.4. The van der Waals surface area contributed by atoms with Crippen LogP contribution in [0.15, 0.2) is 0 Å². The summed E-state index contributed by atoms with van der Waals surface area (Å²) >= 11 is 0. The number of likely N-dealkylation sites (tertiary alicyclic amines) is 1. The monoisotopic (exact) mass is 210 g/mol. The zero-order valence-corrected chi connectivity index (χ0v) is 9.50. The lowest BCUT2D eigenvalue weighted by Crippen LogP contribution is -2.46. The summed E-state index contributed by atoms with van der Waals surface area (Å²) in [5.41, 5.74) is 0.572. The van der Waals surface area contributed by atoms with Gasteiger partial charge in [0, 0.05) is 19.2 Å². The Hall–Kier alpha value is -0.120. The third-order valence-corrected chi connectivity index (χ3v) is 4.59. The highest BCUT2D eigenvalue weighted by Gasteiger charge is 2.39. The first-order chi connectivity index (χ1) is 7.38. The van der Waals surface area contributed by atoms with Crippen LogP contribution < -0.4 is 5.32 Å². The second-order valence-corrected chi connectivity index (χ2v) is 5.49. The molecular weight excluding hydrogens is 188 g/mol. The maximum atomic E-state index is 5.57. The highest BCUT2D eigenvalue weighted by atomic mass is 16.5. The summed E-state index contributed by atoms with van der Waals surface area (Å²) in [5.74, 6) is 0. The molecular formula is C12H22N2O. The summed E-state index contributed by atoms with van der Waals surface area (Å²) in [4.78, 5) is 2.70. The van der Waals surface area contributed by atoms with E-state index in [-0.39, 0.29) is 0 Å². The molecule has 0 unspecified atom stereocenters. The molecule has 3 heteroatoms. The molecule has 0 saturated carbocycles. The molecule has 0 amide bonds. The lowest BCUT2D eigenvalue weighted by molar-refractivity contribution is 0.0628. The van der Waals surface area contributed by atoms with Gasteiger partial charge in [0.25, 0.3) is 0 Å². The lowest BCUT2D eigenvalue weighted by Gasteiger charge is -2.40. The van der Waals surface area contributed by atoms with Crippen molar-refractivity contribution in [2.75, 3.05) is 39.4 Å². The molecule has 0 radical (unpaired) electrons. The number of nitrogens with one attached hydrogen (secondary N) is 1. The highest BCUT2D eigenvalue weighted by molar-refractivity contribution is 4.92. The first kappa shape index (κ1) is 10.1. The van der Waals surface area contributed by atoms with E-state index in [0.717, 1.165) is 19.3 Å². The van der Waals surface area contributed by atoms with Crippen LogP contribution in [0.25, 0.3) is 0 Å². The van der Waals surface area contributed by atoms with Crippen LogP contribution in [0.1, 0.15) is 25.7 Å². The Labute approximate surface area is 92.2 Å². The van der Waals surface area contributed by atoms with Crippen LogP contribution in [0.3, 0.4) is 0 Å². The molecule has 1 atom stereocenters. The predicted molar refractivity (Wildman–Crippen MR) is 60.0 cm³/mol. The number of piperidine rings is 1. The quantitative estimate of drug-likeness (QED) is 0.694. The van der Waals surface area contributed by atoms with Crippen LogP contribution in [-0.2, 0) is 4.74 Å². The Morgan fingerprint density at radius 2 is 2.07 bits per heavy atom. The van der Waals surface area contributed by atoms with Crippen LogP contribution >= 0.6 is 0 Å². The summed E-state index contributed by atoms with van der Waals surface area (Å²) in [5, 5.41) is 3.46. The fourth-order valence-electron chi connectivity index (χ4n) is 3.36. The van der Waals surface area contributed by atoms with Gasteiger partial charge in [-0.3, -0.25) is 4.90 Å². The predicted octanol–water partition coefficient (Wildman–Crippen LogP) is 0.851. The molecule has 0 aliphatic carbocycles. The molecule has 3 saturated heterocycles. The summed E-state index contributed by atoms with van der Waals surface area (Å²) in [6.45, 7) is 7.07. The second kappa shape index (κ2) is 4.04. The first-order valence-electron chi connectivity index (χ1n) is 6.41. The average Bonchev–Trinajstić information content (AvgIpc) is 2.91. The summed E-state index contributed by atoms with van der Waals surface area (Å²) in [6.07, 6.45) is 5.39. The van der Waals surface area contributed by atoms with Crippen molar-refractivity contribution >= 4 is 0 Å². The first-order valence-corrected chi connectivity index (χ1v) is 6.41. The SMILES string of the molecule is C1C[C@@H](N2CCC3(CCOC3)CC2)CN1. The summed E-state index contributed by atoms with van der Waals surface area (Å²) in [6, 6.07) is 0.824. The van der Waals surface area contributed by atoms with Crippen LogP contribution in [0.2, 0.25) is 0 Å². The summed E-state index contributed by atoms with van der Waals surface area (Å²) in [7, 11) is 0. The lowest BCUT2D eigenvalue weighted by atomic mass is 9.77. The van der Waals surface area contributed by atoms with Gasteiger partial charge in [-0.25, -0.2) is 0 Å². The largest absolute Gasteiger partial charge is 0.381 e. The van der Waals surface area contributed by atoms with Crippen molar-refractivity contribution in [3.63, 3.8) is 0 Å². The van der Waals surface area contributed by atoms with Crippen molar-refractivity contribution in [2.24, 2.45) is 5.41 Å². The van der Waals surface area contributed by atoms with E-state index in [1.54, 1.807) is 0 Å². The second-order valence-electron chi connectivity index (χ2n) is 5.49. The summed E-state index contributed by atoms with van der Waals surface area (Å²) < 4.78 is 5.57. The highest BCUT2D eigenvalue weighted by Crippen LogP contribution is 2.39. The van der Waals surface area contributed by atoms with E-state index in [0.29, 0.717) is 5.41 Å². The van der Waals surface area contributed by atoms with Gasteiger partial charge in [-0.2, -0.15) is 0 Å². The van der Waals surface area contributed by atoms with E-state index in [2.05, 4.69) is 10.2 Å². The van der Waals surface area contributed by atoms with Gasteiger partial charge in [0.2, 0.25) is 0 Å². The third-order valence-electron chi connectivity index (χ3n) is 4.59. The molecule has 0 aromatic rings. The van der Waals surface area contributed by atoms with Gasteiger partial charge in [-0.05, 0) is 50.7 Å². The van der Waals surface area contributed by atoms with Crippen molar-refractivity contribution < 1.29 is 4.74 Å². The average molecular weight is 210 g/mol. The molecule has 0 aromatic heterocycles. The minimum Gasteiger partial charge on any atom is -0.381 e. The van der Waals surface area contributed by atoms with E-state index in [1.807, 2.05) is 0 Å². The van der Waals surface area contributed by atoms with Gasteiger partial charge < -0.3 is 10.1 Å². The van der Waals surface area contributed by atoms with Gasteiger partial charge in [0.15, 0.2) is 0 Å². The minimum absolute atomic E-state index is 0.572. The van der Waals surface area contributed by atoms with E-state index >= 15 is 0 Å². The molecule has 0 bridgehead atoms. The molecule has 3 rings (SSSR count). The van der Waals surface area contributed by atoms with Gasteiger partial charge in [0.05, 0.1) is 6.61 Å². The van der Waals surface area contributed by atoms with E-state index in [9.17, 15) is 0 Å². The fraction of sp³-hybridized carbons (Fsp3) is 1.00. The Morgan fingerprint density at radius 3 is 2.67 bits per heavy atom. The van der Waals surface area contributed by atoms with Gasteiger partial charge in [-0.15, -0.1) is 0 Å². The van der Waals surface area contributed by atoms with Crippen LogP contribution in [0.4, 0.5) is 0 Å². The maximum Gasteiger partial charge on any atom is 0.0524 e. The molecule has 3 fully saturated rings. The van der Waals surface area contributed by atoms with E-state index in [4.69, 9.17) is 4.74 Å². The van der Waals surface area contributed by atoms with Crippen LogP contribution in [0.5, 0.6) is 0 Å². The minimum atomic E-state index is 0.572. The number of hydrogen-bond acceptors (Lipinski definition) is 3.